The Morgan fingerprint density at radius 3 is 2.05 bits per heavy atom. The zero-order valence-corrected chi connectivity index (χ0v) is 12.3. The summed E-state index contributed by atoms with van der Waals surface area (Å²) in [6, 6.07) is 0.285. The molecule has 0 aromatic heterocycles. The number of nitrogens with two attached hydrogens (primary N) is 1. The van der Waals surface area contributed by atoms with Gasteiger partial charge in [-0.05, 0) is 69.6 Å². The van der Waals surface area contributed by atoms with Gasteiger partial charge in [-0.1, -0.05) is 0 Å². The van der Waals surface area contributed by atoms with Gasteiger partial charge in [-0.2, -0.15) is 0 Å². The summed E-state index contributed by atoms with van der Waals surface area (Å²) in [5.41, 5.74) is 5.69. The van der Waals surface area contributed by atoms with Crippen LogP contribution in [0.4, 0.5) is 0 Å². The summed E-state index contributed by atoms with van der Waals surface area (Å²) >= 11 is 0. The van der Waals surface area contributed by atoms with Crippen LogP contribution in [-0.4, -0.2) is 29.9 Å². The minimum atomic E-state index is 0.285. The minimum absolute atomic E-state index is 0.285. The molecule has 4 aliphatic rings. The molecule has 3 heteroatoms. The van der Waals surface area contributed by atoms with E-state index in [2.05, 4.69) is 13.8 Å². The molecular formula is C16H28N2O. The fraction of sp³-hybridized carbons (Fsp3) is 0.938. The minimum Gasteiger partial charge on any atom is -0.339 e. The summed E-state index contributed by atoms with van der Waals surface area (Å²) in [5.74, 6) is 3.98. The molecule has 4 fully saturated rings. The summed E-state index contributed by atoms with van der Waals surface area (Å²) in [6.45, 7) is 5.53. The molecule has 0 atom stereocenters. The van der Waals surface area contributed by atoms with E-state index >= 15 is 0 Å². The maximum atomic E-state index is 12.9. The second-order valence-electron chi connectivity index (χ2n) is 7.37. The Labute approximate surface area is 116 Å². The molecule has 0 heterocycles. The van der Waals surface area contributed by atoms with Gasteiger partial charge >= 0.3 is 0 Å². The average molecular weight is 264 g/mol. The first kappa shape index (κ1) is 13.4. The van der Waals surface area contributed by atoms with Crippen molar-refractivity contribution in [2.75, 3.05) is 13.1 Å². The molecule has 4 bridgehead atoms. The van der Waals surface area contributed by atoms with E-state index in [9.17, 15) is 4.79 Å². The van der Waals surface area contributed by atoms with Gasteiger partial charge in [0, 0.05) is 25.0 Å². The summed E-state index contributed by atoms with van der Waals surface area (Å²) in [6.07, 6.45) is 6.72. The number of hydrogen-bond acceptors (Lipinski definition) is 2. The van der Waals surface area contributed by atoms with Gasteiger partial charge in [0.2, 0.25) is 5.91 Å². The SMILES string of the molecule is CC(C)N(CCN)C(=O)C1C2CC3CC(C2)CC1C3. The number of carbonyl (C=O) groups excluding carboxylic acids is 1. The van der Waals surface area contributed by atoms with Crippen LogP contribution < -0.4 is 5.73 Å². The van der Waals surface area contributed by atoms with Crippen molar-refractivity contribution in [2.45, 2.75) is 52.0 Å². The Bertz CT molecular complexity index is 325. The molecule has 0 radical (unpaired) electrons. The Morgan fingerprint density at radius 2 is 1.63 bits per heavy atom. The molecule has 1 amide bonds. The van der Waals surface area contributed by atoms with Crippen LogP contribution >= 0.6 is 0 Å². The molecule has 4 saturated carbocycles. The molecule has 19 heavy (non-hydrogen) atoms. The summed E-state index contributed by atoms with van der Waals surface area (Å²) < 4.78 is 0. The number of carbonyl (C=O) groups is 1. The van der Waals surface area contributed by atoms with Gasteiger partial charge in [-0.3, -0.25) is 4.79 Å². The van der Waals surface area contributed by atoms with Crippen molar-refractivity contribution in [3.05, 3.63) is 0 Å². The first-order valence-electron chi connectivity index (χ1n) is 8.10. The Hall–Kier alpha value is -0.570. The lowest BCUT2D eigenvalue weighted by Gasteiger charge is -2.54. The maximum absolute atomic E-state index is 12.9. The van der Waals surface area contributed by atoms with Crippen molar-refractivity contribution in [1.82, 2.24) is 4.90 Å². The van der Waals surface area contributed by atoms with Crippen LogP contribution in [0.3, 0.4) is 0 Å². The third-order valence-electron chi connectivity index (χ3n) is 5.79. The molecule has 0 unspecified atom stereocenters. The third-order valence-corrected chi connectivity index (χ3v) is 5.79. The van der Waals surface area contributed by atoms with Crippen LogP contribution in [0.5, 0.6) is 0 Å². The van der Waals surface area contributed by atoms with Crippen molar-refractivity contribution in [3.63, 3.8) is 0 Å². The van der Waals surface area contributed by atoms with Crippen LogP contribution in [0, 0.1) is 29.6 Å². The monoisotopic (exact) mass is 264 g/mol. The van der Waals surface area contributed by atoms with Crippen molar-refractivity contribution < 1.29 is 4.79 Å². The number of nitrogens with zero attached hydrogens (tertiary/aromatic N) is 1. The number of hydrogen-bond donors (Lipinski definition) is 1. The second-order valence-corrected chi connectivity index (χ2v) is 7.37. The van der Waals surface area contributed by atoms with E-state index in [1.807, 2.05) is 4.90 Å². The van der Waals surface area contributed by atoms with Crippen molar-refractivity contribution >= 4 is 5.91 Å². The van der Waals surface area contributed by atoms with E-state index in [0.29, 0.717) is 30.2 Å². The first-order valence-corrected chi connectivity index (χ1v) is 8.10. The van der Waals surface area contributed by atoms with Gasteiger partial charge in [0.25, 0.3) is 0 Å². The van der Waals surface area contributed by atoms with Gasteiger partial charge < -0.3 is 10.6 Å². The third kappa shape index (κ3) is 2.31. The van der Waals surface area contributed by atoms with E-state index in [1.165, 1.54) is 32.1 Å². The van der Waals surface area contributed by atoms with E-state index < -0.39 is 0 Å². The van der Waals surface area contributed by atoms with Gasteiger partial charge in [-0.15, -0.1) is 0 Å². The molecule has 2 N–H and O–H groups in total. The number of amides is 1. The summed E-state index contributed by atoms with van der Waals surface area (Å²) in [5, 5.41) is 0. The second kappa shape index (κ2) is 5.08. The smallest absolute Gasteiger partial charge is 0.226 e. The molecule has 0 aromatic carbocycles. The highest BCUT2D eigenvalue weighted by Crippen LogP contribution is 2.56. The van der Waals surface area contributed by atoms with Gasteiger partial charge in [0.15, 0.2) is 0 Å². The van der Waals surface area contributed by atoms with E-state index in [1.54, 1.807) is 0 Å². The zero-order valence-electron chi connectivity index (χ0n) is 12.3. The normalized spacial score (nSPS) is 39.9. The first-order chi connectivity index (χ1) is 9.10. The zero-order chi connectivity index (χ0) is 13.6. The molecular weight excluding hydrogens is 236 g/mol. The lowest BCUT2D eigenvalue weighted by atomic mass is 9.51. The summed E-state index contributed by atoms with van der Waals surface area (Å²) in [7, 11) is 0. The molecule has 0 aromatic rings. The van der Waals surface area contributed by atoms with Crippen LogP contribution in [0.15, 0.2) is 0 Å². The largest absolute Gasteiger partial charge is 0.339 e. The summed E-state index contributed by atoms with van der Waals surface area (Å²) in [4.78, 5) is 15.0. The lowest BCUT2D eigenvalue weighted by Crippen LogP contribution is -2.53. The van der Waals surface area contributed by atoms with Gasteiger partial charge in [0.1, 0.15) is 0 Å². The van der Waals surface area contributed by atoms with Crippen LogP contribution in [-0.2, 0) is 4.79 Å². The Balaban J connectivity index is 1.76. The molecule has 3 nitrogen and oxygen atoms in total. The topological polar surface area (TPSA) is 46.3 Å². The quantitative estimate of drug-likeness (QED) is 0.846. The highest BCUT2D eigenvalue weighted by Gasteiger charge is 2.51. The predicted octanol–water partition coefficient (Wildman–Crippen LogP) is 2.25. The van der Waals surface area contributed by atoms with Crippen LogP contribution in [0.2, 0.25) is 0 Å². The highest BCUT2D eigenvalue weighted by molar-refractivity contribution is 5.80. The van der Waals surface area contributed by atoms with Crippen molar-refractivity contribution in [1.29, 1.82) is 0 Å². The van der Waals surface area contributed by atoms with Gasteiger partial charge in [-0.25, -0.2) is 0 Å². The molecule has 0 saturated heterocycles. The average Bonchev–Trinajstić information content (AvgIpc) is 2.33. The van der Waals surface area contributed by atoms with Crippen molar-refractivity contribution in [3.8, 4) is 0 Å². The molecule has 108 valence electrons. The van der Waals surface area contributed by atoms with E-state index in [4.69, 9.17) is 5.73 Å². The van der Waals surface area contributed by atoms with E-state index in [-0.39, 0.29) is 6.04 Å². The van der Waals surface area contributed by atoms with Crippen LogP contribution in [0.25, 0.3) is 0 Å². The standard InChI is InChI=1S/C16H28N2O/c1-10(2)18(4-3-17)16(19)15-13-6-11-5-12(8-13)9-14(15)7-11/h10-15H,3-9,17H2,1-2H3. The molecule has 0 aliphatic heterocycles. The van der Waals surface area contributed by atoms with E-state index in [0.717, 1.165) is 18.4 Å². The predicted molar refractivity (Wildman–Crippen MR) is 76.4 cm³/mol. The Kier molecular flexibility index (Phi) is 3.59. The molecule has 4 rings (SSSR count). The molecule has 0 spiro atoms. The van der Waals surface area contributed by atoms with Gasteiger partial charge in [0.05, 0.1) is 0 Å². The number of rotatable bonds is 4. The molecule has 4 aliphatic carbocycles. The highest BCUT2D eigenvalue weighted by atomic mass is 16.2. The Morgan fingerprint density at radius 1 is 1.11 bits per heavy atom. The lowest BCUT2D eigenvalue weighted by molar-refractivity contribution is -0.150. The van der Waals surface area contributed by atoms with Crippen molar-refractivity contribution in [2.24, 2.45) is 35.3 Å². The fourth-order valence-electron chi connectivity index (χ4n) is 5.28. The van der Waals surface area contributed by atoms with Crippen LogP contribution in [0.1, 0.15) is 46.0 Å². The fourth-order valence-corrected chi connectivity index (χ4v) is 5.28. The maximum Gasteiger partial charge on any atom is 0.226 e.